The van der Waals surface area contributed by atoms with Crippen LogP contribution < -0.4 is 0 Å². The average Bonchev–Trinajstić information content (AvgIpc) is 1.99. The number of hydrogen-bond acceptors (Lipinski definition) is 2. The summed E-state index contributed by atoms with van der Waals surface area (Å²) in [5, 5.41) is 8.35. The molecule has 0 N–H and O–H groups in total. The molecule has 72 valence electrons. The fraction of sp³-hybridized carbons (Fsp3) is 0.600. The summed E-state index contributed by atoms with van der Waals surface area (Å²) in [4.78, 5) is 12.6. The molecule has 0 saturated carbocycles. The molecule has 3 nitrogen and oxygen atoms in total. The molecule has 0 saturated heterocycles. The normalized spacial score (nSPS) is 11.3. The molecule has 3 heteroatoms. The Bertz CT molecular complexity index is 243. The summed E-state index contributed by atoms with van der Waals surface area (Å²) in [6.07, 6.45) is 3.35. The van der Waals surface area contributed by atoms with Gasteiger partial charge in [-0.3, -0.25) is 4.79 Å². The Morgan fingerprint density at radius 3 is 2.46 bits per heavy atom. The largest absolute Gasteiger partial charge is 0.329 e. The van der Waals surface area contributed by atoms with Crippen LogP contribution in [0.2, 0.25) is 0 Å². The topological polar surface area (TPSA) is 44.1 Å². The molecule has 1 amide bonds. The summed E-state index contributed by atoms with van der Waals surface area (Å²) >= 11 is 0. The van der Waals surface area contributed by atoms with Gasteiger partial charge in [0, 0.05) is 7.05 Å². The summed E-state index contributed by atoms with van der Waals surface area (Å²) in [6, 6.07) is 1.92. The van der Waals surface area contributed by atoms with E-state index in [1.165, 1.54) is 11.0 Å². The summed E-state index contributed by atoms with van der Waals surface area (Å²) in [5.41, 5.74) is 0.00312. The molecule has 0 atom stereocenters. The van der Waals surface area contributed by atoms with Gasteiger partial charge in [0.05, 0.1) is 6.07 Å². The number of nitrogens with zero attached hydrogens (tertiary/aromatic N) is 2. The number of likely N-dealkylation sites (N-methyl/N-ethyl adjacent to an activating group) is 1. The fourth-order valence-corrected chi connectivity index (χ4v) is 0.633. The van der Waals surface area contributed by atoms with Crippen LogP contribution in [0.1, 0.15) is 20.8 Å². The second kappa shape index (κ2) is 4.66. The van der Waals surface area contributed by atoms with Crippen molar-refractivity contribution in [1.29, 1.82) is 5.26 Å². The van der Waals surface area contributed by atoms with Crippen LogP contribution in [-0.2, 0) is 4.79 Å². The zero-order valence-electron chi connectivity index (χ0n) is 8.66. The highest BCUT2D eigenvalue weighted by atomic mass is 16.2. The van der Waals surface area contributed by atoms with Gasteiger partial charge in [-0.1, -0.05) is 26.8 Å². The third kappa shape index (κ3) is 5.92. The van der Waals surface area contributed by atoms with E-state index in [9.17, 15) is 4.79 Å². The number of nitriles is 1. The maximum atomic E-state index is 11.3. The number of carbonyl (C=O) groups is 1. The third-order valence-corrected chi connectivity index (χ3v) is 1.41. The maximum absolute atomic E-state index is 11.3. The molecule has 0 aliphatic heterocycles. The second-order valence-electron chi connectivity index (χ2n) is 4.05. The van der Waals surface area contributed by atoms with Crippen LogP contribution in [0.3, 0.4) is 0 Å². The minimum atomic E-state index is -0.128. The van der Waals surface area contributed by atoms with E-state index < -0.39 is 0 Å². The molecular formula is C10H16N2O. The quantitative estimate of drug-likeness (QED) is 0.478. The van der Waals surface area contributed by atoms with Crippen LogP contribution in [0.4, 0.5) is 0 Å². The first-order chi connectivity index (χ1) is 5.87. The van der Waals surface area contributed by atoms with Gasteiger partial charge in [-0.15, -0.1) is 0 Å². The van der Waals surface area contributed by atoms with Gasteiger partial charge in [-0.05, 0) is 11.5 Å². The Morgan fingerprint density at radius 2 is 2.08 bits per heavy atom. The zero-order valence-corrected chi connectivity index (χ0v) is 8.66. The van der Waals surface area contributed by atoms with Crippen molar-refractivity contribution in [3.8, 4) is 6.07 Å². The molecule has 0 radical (unpaired) electrons. The lowest BCUT2D eigenvalue weighted by atomic mass is 9.96. The van der Waals surface area contributed by atoms with E-state index in [1.54, 1.807) is 7.05 Å². The van der Waals surface area contributed by atoms with Crippen molar-refractivity contribution in [2.24, 2.45) is 5.41 Å². The Hall–Kier alpha value is -1.30. The molecule has 0 bridgehead atoms. The molecule has 0 spiro atoms. The summed E-state index contributed by atoms with van der Waals surface area (Å²) < 4.78 is 0. The lowest BCUT2D eigenvalue weighted by Gasteiger charge is -2.13. The van der Waals surface area contributed by atoms with Gasteiger partial charge in [-0.25, -0.2) is 0 Å². The second-order valence-corrected chi connectivity index (χ2v) is 4.05. The van der Waals surface area contributed by atoms with Crippen molar-refractivity contribution >= 4 is 5.91 Å². The van der Waals surface area contributed by atoms with Gasteiger partial charge in [0.25, 0.3) is 0 Å². The number of amides is 1. The van der Waals surface area contributed by atoms with Crippen molar-refractivity contribution in [3.63, 3.8) is 0 Å². The molecule has 0 aliphatic rings. The highest BCUT2D eigenvalue weighted by molar-refractivity contribution is 5.87. The minimum Gasteiger partial charge on any atom is -0.329 e. The van der Waals surface area contributed by atoms with Crippen molar-refractivity contribution in [2.45, 2.75) is 20.8 Å². The van der Waals surface area contributed by atoms with Crippen LogP contribution in [0, 0.1) is 16.7 Å². The van der Waals surface area contributed by atoms with Crippen LogP contribution in [0.25, 0.3) is 0 Å². The molecule has 0 aromatic heterocycles. The highest BCUT2D eigenvalue weighted by Crippen LogP contribution is 2.14. The first kappa shape index (κ1) is 11.7. The molecule has 0 unspecified atom stereocenters. The summed E-state index contributed by atoms with van der Waals surface area (Å²) in [5.74, 6) is -0.128. The van der Waals surface area contributed by atoms with Crippen LogP contribution in [0.5, 0.6) is 0 Å². The molecular weight excluding hydrogens is 164 g/mol. The molecule has 0 aliphatic carbocycles. The summed E-state index contributed by atoms with van der Waals surface area (Å²) in [7, 11) is 1.61. The van der Waals surface area contributed by atoms with Gasteiger partial charge in [0.15, 0.2) is 0 Å². The number of rotatable bonds is 2. The first-order valence-corrected chi connectivity index (χ1v) is 4.18. The van der Waals surface area contributed by atoms with Crippen LogP contribution >= 0.6 is 0 Å². The van der Waals surface area contributed by atoms with E-state index in [0.717, 1.165) is 0 Å². The molecule has 0 aromatic rings. The first-order valence-electron chi connectivity index (χ1n) is 4.18. The molecule has 0 fully saturated rings. The predicted octanol–water partition coefficient (Wildman–Crippen LogP) is 1.57. The van der Waals surface area contributed by atoms with E-state index in [0.29, 0.717) is 0 Å². The predicted molar refractivity (Wildman–Crippen MR) is 51.8 cm³/mol. The lowest BCUT2D eigenvalue weighted by Crippen LogP contribution is -2.25. The zero-order chi connectivity index (χ0) is 10.5. The lowest BCUT2D eigenvalue weighted by molar-refractivity contribution is -0.124. The van der Waals surface area contributed by atoms with E-state index in [2.05, 4.69) is 0 Å². The number of allylic oxidation sites excluding steroid dienone is 1. The smallest absolute Gasteiger partial charge is 0.246 e. The van der Waals surface area contributed by atoms with Gasteiger partial charge < -0.3 is 4.90 Å². The SMILES string of the molecule is CN(CC#N)C(=O)/C=C/C(C)(C)C. The monoisotopic (exact) mass is 180 g/mol. The van der Waals surface area contributed by atoms with Gasteiger partial charge >= 0.3 is 0 Å². The molecule has 13 heavy (non-hydrogen) atoms. The Labute approximate surface area is 79.6 Å². The Balaban J connectivity index is 4.17. The van der Waals surface area contributed by atoms with E-state index >= 15 is 0 Å². The summed E-state index contributed by atoms with van der Waals surface area (Å²) in [6.45, 7) is 6.18. The van der Waals surface area contributed by atoms with E-state index in [4.69, 9.17) is 5.26 Å². The van der Waals surface area contributed by atoms with Crippen molar-refractivity contribution in [2.75, 3.05) is 13.6 Å². The molecule has 0 heterocycles. The molecule has 0 rings (SSSR count). The van der Waals surface area contributed by atoms with Crippen molar-refractivity contribution < 1.29 is 4.79 Å². The molecule has 0 aromatic carbocycles. The minimum absolute atomic E-state index is 0.00312. The average molecular weight is 180 g/mol. The maximum Gasteiger partial charge on any atom is 0.246 e. The fourth-order valence-electron chi connectivity index (χ4n) is 0.633. The number of carbonyl (C=O) groups excluding carboxylic acids is 1. The highest BCUT2D eigenvalue weighted by Gasteiger charge is 2.07. The van der Waals surface area contributed by atoms with Gasteiger partial charge in [-0.2, -0.15) is 5.26 Å². The van der Waals surface area contributed by atoms with Crippen molar-refractivity contribution in [3.05, 3.63) is 12.2 Å². The van der Waals surface area contributed by atoms with E-state index in [1.807, 2.05) is 32.9 Å². The van der Waals surface area contributed by atoms with Gasteiger partial charge in [0.1, 0.15) is 6.54 Å². The van der Waals surface area contributed by atoms with Gasteiger partial charge in [0.2, 0.25) is 5.91 Å². The third-order valence-electron chi connectivity index (χ3n) is 1.41. The number of hydrogen-bond donors (Lipinski definition) is 0. The standard InChI is InChI=1S/C10H16N2O/c1-10(2,3)6-5-9(13)12(4)8-7-11/h5-6H,8H2,1-4H3/b6-5+. The Morgan fingerprint density at radius 1 is 1.54 bits per heavy atom. The Kier molecular flexibility index (Phi) is 4.19. The van der Waals surface area contributed by atoms with Crippen LogP contribution in [0.15, 0.2) is 12.2 Å². The van der Waals surface area contributed by atoms with Crippen molar-refractivity contribution in [1.82, 2.24) is 4.90 Å². The van der Waals surface area contributed by atoms with Crippen LogP contribution in [-0.4, -0.2) is 24.4 Å². The van der Waals surface area contributed by atoms with E-state index in [-0.39, 0.29) is 17.9 Å².